The molecule has 0 aromatic heterocycles. The van der Waals surface area contributed by atoms with E-state index in [1.807, 2.05) is 30.3 Å². The van der Waals surface area contributed by atoms with Gasteiger partial charge in [0.15, 0.2) is 0 Å². The third kappa shape index (κ3) is 1.49. The SMILES string of the molecule is CC(C)C1(c2ccc(Cl)cc2)CC12C(=O)Nc1ccccc12. The zero-order valence-corrected chi connectivity index (χ0v) is 13.4. The van der Waals surface area contributed by atoms with Crippen LogP contribution in [0.25, 0.3) is 0 Å². The highest BCUT2D eigenvalue weighted by atomic mass is 35.5. The van der Waals surface area contributed by atoms with Gasteiger partial charge in [-0.25, -0.2) is 0 Å². The number of fused-ring (bicyclic) bond motifs is 2. The fourth-order valence-electron chi connectivity index (χ4n) is 4.43. The van der Waals surface area contributed by atoms with Crippen LogP contribution in [-0.4, -0.2) is 5.91 Å². The summed E-state index contributed by atoms with van der Waals surface area (Å²) in [4.78, 5) is 12.8. The molecule has 2 aromatic rings. The first-order chi connectivity index (χ1) is 10.5. The predicted octanol–water partition coefficient (Wildman–Crippen LogP) is 4.53. The summed E-state index contributed by atoms with van der Waals surface area (Å²) in [5.41, 5.74) is 2.74. The Kier molecular flexibility index (Phi) is 2.74. The van der Waals surface area contributed by atoms with Crippen molar-refractivity contribution < 1.29 is 4.79 Å². The van der Waals surface area contributed by atoms with Gasteiger partial charge in [-0.2, -0.15) is 0 Å². The Labute approximate surface area is 135 Å². The average Bonchev–Trinajstić information content (AvgIpc) is 3.13. The Bertz CT molecular complexity index is 767. The van der Waals surface area contributed by atoms with Crippen LogP contribution in [0.15, 0.2) is 48.5 Å². The van der Waals surface area contributed by atoms with E-state index in [4.69, 9.17) is 11.6 Å². The van der Waals surface area contributed by atoms with Crippen molar-refractivity contribution >= 4 is 23.2 Å². The summed E-state index contributed by atoms with van der Waals surface area (Å²) in [7, 11) is 0. The minimum atomic E-state index is -0.425. The third-order valence-corrected chi connectivity index (χ3v) is 5.80. The minimum absolute atomic E-state index is 0.136. The van der Waals surface area contributed by atoms with Gasteiger partial charge < -0.3 is 5.32 Å². The van der Waals surface area contributed by atoms with Gasteiger partial charge in [-0.3, -0.25) is 4.79 Å². The Balaban J connectivity index is 1.91. The zero-order valence-electron chi connectivity index (χ0n) is 12.7. The van der Waals surface area contributed by atoms with Gasteiger partial charge in [-0.1, -0.05) is 55.8 Å². The number of carbonyl (C=O) groups excluding carboxylic acids is 1. The molecule has 2 aromatic carbocycles. The first kappa shape index (κ1) is 13.8. The van der Waals surface area contributed by atoms with Crippen molar-refractivity contribution in [3.8, 4) is 0 Å². The maximum atomic E-state index is 12.8. The van der Waals surface area contributed by atoms with Crippen LogP contribution in [0, 0.1) is 5.92 Å². The van der Waals surface area contributed by atoms with Crippen molar-refractivity contribution in [3.63, 3.8) is 0 Å². The van der Waals surface area contributed by atoms with Crippen LogP contribution in [0.4, 0.5) is 5.69 Å². The number of benzene rings is 2. The molecule has 0 bridgehead atoms. The summed E-state index contributed by atoms with van der Waals surface area (Å²) < 4.78 is 0. The molecule has 1 saturated carbocycles. The molecule has 1 aliphatic heterocycles. The maximum absolute atomic E-state index is 12.8. The van der Waals surface area contributed by atoms with Gasteiger partial charge in [0.1, 0.15) is 0 Å². The Morgan fingerprint density at radius 3 is 2.45 bits per heavy atom. The topological polar surface area (TPSA) is 29.1 Å². The highest BCUT2D eigenvalue weighted by Gasteiger charge is 2.76. The van der Waals surface area contributed by atoms with Crippen LogP contribution in [0.1, 0.15) is 31.4 Å². The van der Waals surface area contributed by atoms with Gasteiger partial charge in [0, 0.05) is 16.1 Å². The average molecular weight is 312 g/mol. The molecule has 112 valence electrons. The highest BCUT2D eigenvalue weighted by molar-refractivity contribution is 6.30. The lowest BCUT2D eigenvalue weighted by Crippen LogP contribution is -2.33. The van der Waals surface area contributed by atoms with Gasteiger partial charge in [-0.05, 0) is 41.7 Å². The lowest BCUT2D eigenvalue weighted by Gasteiger charge is -2.26. The number of para-hydroxylation sites is 1. The summed E-state index contributed by atoms with van der Waals surface area (Å²) in [5, 5.41) is 3.81. The summed E-state index contributed by atoms with van der Waals surface area (Å²) in [5.74, 6) is 0.503. The van der Waals surface area contributed by atoms with Gasteiger partial charge in [-0.15, -0.1) is 0 Å². The van der Waals surface area contributed by atoms with Crippen LogP contribution in [-0.2, 0) is 15.6 Å². The number of nitrogens with one attached hydrogen (secondary N) is 1. The molecule has 3 heteroatoms. The van der Waals surface area contributed by atoms with E-state index in [1.165, 1.54) is 5.56 Å². The Morgan fingerprint density at radius 2 is 1.77 bits per heavy atom. The van der Waals surface area contributed by atoms with Crippen LogP contribution >= 0.6 is 11.6 Å². The molecule has 1 fully saturated rings. The molecule has 4 rings (SSSR count). The van der Waals surface area contributed by atoms with Gasteiger partial charge >= 0.3 is 0 Å². The van der Waals surface area contributed by atoms with Crippen molar-refractivity contribution in [3.05, 3.63) is 64.7 Å². The number of amides is 1. The maximum Gasteiger partial charge on any atom is 0.236 e. The smallest absolute Gasteiger partial charge is 0.236 e. The molecule has 1 amide bonds. The van der Waals surface area contributed by atoms with Gasteiger partial charge in [0.05, 0.1) is 5.41 Å². The van der Waals surface area contributed by atoms with E-state index in [1.54, 1.807) is 0 Å². The molecule has 1 N–H and O–H groups in total. The molecule has 0 saturated heterocycles. The predicted molar refractivity (Wildman–Crippen MR) is 89.3 cm³/mol. The summed E-state index contributed by atoms with van der Waals surface area (Å²) in [6, 6.07) is 16.1. The standard InChI is InChI=1S/C19H18ClNO/c1-12(2)18(13-7-9-14(20)10-8-13)11-19(18)15-5-3-4-6-16(15)21-17(19)22/h3-10,12H,11H2,1-2H3,(H,21,22). The lowest BCUT2D eigenvalue weighted by molar-refractivity contribution is -0.118. The lowest BCUT2D eigenvalue weighted by atomic mass is 9.75. The number of anilines is 1. The normalized spacial score (nSPS) is 28.8. The van der Waals surface area contributed by atoms with Crippen molar-refractivity contribution in [2.24, 2.45) is 5.92 Å². The second kappa shape index (κ2) is 4.36. The van der Waals surface area contributed by atoms with Crippen molar-refractivity contribution in [2.75, 3.05) is 5.32 Å². The van der Waals surface area contributed by atoms with Crippen LogP contribution in [0.3, 0.4) is 0 Å². The fourth-order valence-corrected chi connectivity index (χ4v) is 4.56. The first-order valence-electron chi connectivity index (χ1n) is 7.69. The molecule has 2 unspecified atom stereocenters. The molecule has 1 spiro atoms. The summed E-state index contributed by atoms with van der Waals surface area (Å²) in [6.07, 6.45) is 0.863. The zero-order chi connectivity index (χ0) is 15.5. The van der Waals surface area contributed by atoms with E-state index in [0.717, 1.165) is 22.7 Å². The molecule has 2 atom stereocenters. The molecule has 1 aliphatic carbocycles. The molecule has 2 aliphatic rings. The molecule has 1 heterocycles. The van der Waals surface area contributed by atoms with Crippen molar-refractivity contribution in [2.45, 2.75) is 31.1 Å². The monoisotopic (exact) mass is 311 g/mol. The van der Waals surface area contributed by atoms with Crippen LogP contribution < -0.4 is 5.32 Å². The number of rotatable bonds is 2. The first-order valence-corrected chi connectivity index (χ1v) is 8.07. The fraction of sp³-hybridized carbons (Fsp3) is 0.316. The Hall–Kier alpha value is -1.80. The Morgan fingerprint density at radius 1 is 1.09 bits per heavy atom. The second-order valence-corrected chi connectivity index (χ2v) is 7.15. The number of halogens is 1. The van der Waals surface area contributed by atoms with E-state index in [2.05, 4.69) is 37.4 Å². The number of carbonyl (C=O) groups is 1. The summed E-state index contributed by atoms with van der Waals surface area (Å²) in [6.45, 7) is 4.41. The molecule has 22 heavy (non-hydrogen) atoms. The van der Waals surface area contributed by atoms with E-state index in [-0.39, 0.29) is 11.3 Å². The number of hydrogen-bond donors (Lipinski definition) is 1. The minimum Gasteiger partial charge on any atom is -0.325 e. The largest absolute Gasteiger partial charge is 0.325 e. The molecular weight excluding hydrogens is 294 g/mol. The highest BCUT2D eigenvalue weighted by Crippen LogP contribution is 2.72. The number of hydrogen-bond acceptors (Lipinski definition) is 1. The van der Waals surface area contributed by atoms with Crippen LogP contribution in [0.5, 0.6) is 0 Å². The van der Waals surface area contributed by atoms with Crippen molar-refractivity contribution in [1.29, 1.82) is 0 Å². The van der Waals surface area contributed by atoms with E-state index < -0.39 is 5.41 Å². The van der Waals surface area contributed by atoms with E-state index >= 15 is 0 Å². The molecular formula is C19H18ClNO. The van der Waals surface area contributed by atoms with E-state index in [9.17, 15) is 4.79 Å². The third-order valence-electron chi connectivity index (χ3n) is 5.55. The second-order valence-electron chi connectivity index (χ2n) is 6.71. The van der Waals surface area contributed by atoms with Crippen LogP contribution in [0.2, 0.25) is 5.02 Å². The van der Waals surface area contributed by atoms with E-state index in [0.29, 0.717) is 5.92 Å². The quantitative estimate of drug-likeness (QED) is 0.867. The van der Waals surface area contributed by atoms with Gasteiger partial charge in [0.25, 0.3) is 0 Å². The summed E-state index contributed by atoms with van der Waals surface area (Å²) >= 11 is 6.04. The van der Waals surface area contributed by atoms with Gasteiger partial charge in [0.2, 0.25) is 5.91 Å². The molecule has 2 nitrogen and oxygen atoms in total. The molecule has 0 radical (unpaired) electrons. The van der Waals surface area contributed by atoms with Crippen molar-refractivity contribution in [1.82, 2.24) is 0 Å².